The SMILES string of the molecule is CC1C(=O)N(CCCN2CCN(c3ccccc3OC3CCCC3)CC2)C(=O)C1C. The summed E-state index contributed by atoms with van der Waals surface area (Å²) in [7, 11) is 0. The van der Waals surface area contributed by atoms with Crippen molar-refractivity contribution in [2.45, 2.75) is 52.1 Å². The van der Waals surface area contributed by atoms with Gasteiger partial charge < -0.3 is 9.64 Å². The van der Waals surface area contributed by atoms with Gasteiger partial charge in [-0.15, -0.1) is 0 Å². The first-order valence-electron chi connectivity index (χ1n) is 11.6. The van der Waals surface area contributed by atoms with Crippen LogP contribution in [0, 0.1) is 11.8 Å². The van der Waals surface area contributed by atoms with Crippen LogP contribution in [0.15, 0.2) is 24.3 Å². The third-order valence-corrected chi connectivity index (χ3v) is 7.09. The van der Waals surface area contributed by atoms with Crippen molar-refractivity contribution in [3.63, 3.8) is 0 Å². The number of para-hydroxylation sites is 2. The molecule has 1 aliphatic carbocycles. The molecule has 2 aliphatic heterocycles. The van der Waals surface area contributed by atoms with Gasteiger partial charge in [-0.2, -0.15) is 0 Å². The minimum absolute atomic E-state index is 0.00353. The summed E-state index contributed by atoms with van der Waals surface area (Å²) in [6.45, 7) is 9.12. The number of amides is 2. The summed E-state index contributed by atoms with van der Waals surface area (Å²) >= 11 is 0. The Bertz CT molecular complexity index is 734. The van der Waals surface area contributed by atoms with Crippen LogP contribution in [-0.4, -0.2) is 67.0 Å². The molecule has 1 aromatic rings. The number of likely N-dealkylation sites (tertiary alicyclic amines) is 1. The van der Waals surface area contributed by atoms with Crippen molar-refractivity contribution in [3.8, 4) is 5.75 Å². The zero-order valence-electron chi connectivity index (χ0n) is 18.4. The highest BCUT2D eigenvalue weighted by Gasteiger charge is 2.41. The number of benzene rings is 1. The van der Waals surface area contributed by atoms with Gasteiger partial charge >= 0.3 is 0 Å². The maximum absolute atomic E-state index is 12.2. The van der Waals surface area contributed by atoms with Crippen molar-refractivity contribution in [2.24, 2.45) is 11.8 Å². The van der Waals surface area contributed by atoms with E-state index in [1.807, 2.05) is 13.8 Å². The van der Waals surface area contributed by atoms with E-state index in [1.54, 1.807) is 0 Å². The molecule has 0 spiro atoms. The van der Waals surface area contributed by atoms with E-state index in [-0.39, 0.29) is 23.7 Å². The van der Waals surface area contributed by atoms with Gasteiger partial charge in [0.05, 0.1) is 11.8 Å². The number of piperazine rings is 1. The van der Waals surface area contributed by atoms with Gasteiger partial charge in [0.2, 0.25) is 11.8 Å². The summed E-state index contributed by atoms with van der Waals surface area (Å²) < 4.78 is 6.32. The minimum Gasteiger partial charge on any atom is -0.488 e. The Morgan fingerprint density at radius 2 is 1.53 bits per heavy atom. The average Bonchev–Trinajstić information content (AvgIpc) is 3.34. The molecular formula is C24H35N3O3. The summed E-state index contributed by atoms with van der Waals surface area (Å²) in [5, 5.41) is 0. The first-order valence-corrected chi connectivity index (χ1v) is 11.6. The number of hydrogen-bond donors (Lipinski definition) is 0. The lowest BCUT2D eigenvalue weighted by molar-refractivity contribution is -0.139. The molecule has 1 saturated carbocycles. The van der Waals surface area contributed by atoms with E-state index in [0.29, 0.717) is 12.6 Å². The summed E-state index contributed by atoms with van der Waals surface area (Å²) in [5.41, 5.74) is 1.21. The fourth-order valence-corrected chi connectivity index (χ4v) is 4.92. The van der Waals surface area contributed by atoms with Crippen molar-refractivity contribution < 1.29 is 14.3 Å². The molecule has 0 aromatic heterocycles. The van der Waals surface area contributed by atoms with Gasteiger partial charge in [-0.1, -0.05) is 26.0 Å². The van der Waals surface area contributed by atoms with Crippen LogP contribution >= 0.6 is 0 Å². The number of nitrogens with zero attached hydrogens (tertiary/aromatic N) is 3. The largest absolute Gasteiger partial charge is 0.488 e. The quantitative estimate of drug-likeness (QED) is 0.643. The lowest BCUT2D eigenvalue weighted by atomic mass is 10.00. The van der Waals surface area contributed by atoms with Gasteiger partial charge in [0.25, 0.3) is 0 Å². The molecule has 0 N–H and O–H groups in total. The Morgan fingerprint density at radius 3 is 2.20 bits per heavy atom. The fourth-order valence-electron chi connectivity index (χ4n) is 4.92. The lowest BCUT2D eigenvalue weighted by Crippen LogP contribution is -2.47. The smallest absolute Gasteiger partial charge is 0.232 e. The van der Waals surface area contributed by atoms with Crippen LogP contribution in [0.25, 0.3) is 0 Å². The third-order valence-electron chi connectivity index (χ3n) is 7.09. The van der Waals surface area contributed by atoms with Crippen LogP contribution in [0.3, 0.4) is 0 Å². The molecule has 3 fully saturated rings. The molecule has 30 heavy (non-hydrogen) atoms. The standard InChI is InChI=1S/C24H35N3O3/c1-18-19(2)24(29)27(23(18)28)13-7-12-25-14-16-26(17-15-25)21-10-5-6-11-22(21)30-20-8-3-4-9-20/h5-6,10-11,18-20H,3-4,7-9,12-17H2,1-2H3. The number of imide groups is 1. The van der Waals surface area contributed by atoms with E-state index < -0.39 is 0 Å². The van der Waals surface area contributed by atoms with Crippen LogP contribution in [0.2, 0.25) is 0 Å². The number of carbonyl (C=O) groups is 2. The van der Waals surface area contributed by atoms with E-state index in [0.717, 1.165) is 44.9 Å². The Labute approximate surface area is 180 Å². The molecular weight excluding hydrogens is 378 g/mol. The second-order valence-electron chi connectivity index (χ2n) is 9.08. The minimum atomic E-state index is -0.174. The number of carbonyl (C=O) groups excluding carboxylic acids is 2. The van der Waals surface area contributed by atoms with Crippen molar-refractivity contribution in [2.75, 3.05) is 44.2 Å². The van der Waals surface area contributed by atoms with E-state index in [1.165, 1.54) is 36.3 Å². The molecule has 0 bridgehead atoms. The Balaban J connectivity index is 1.25. The van der Waals surface area contributed by atoms with Crippen molar-refractivity contribution >= 4 is 17.5 Å². The van der Waals surface area contributed by atoms with Crippen LogP contribution < -0.4 is 9.64 Å². The normalized spacial score (nSPS) is 26.1. The predicted octanol–water partition coefficient (Wildman–Crippen LogP) is 3.16. The van der Waals surface area contributed by atoms with Crippen molar-refractivity contribution in [3.05, 3.63) is 24.3 Å². The molecule has 6 heteroatoms. The molecule has 2 unspecified atom stereocenters. The zero-order chi connectivity index (χ0) is 21.1. The Hall–Kier alpha value is -2.08. The highest BCUT2D eigenvalue weighted by Crippen LogP contribution is 2.33. The van der Waals surface area contributed by atoms with E-state index >= 15 is 0 Å². The maximum Gasteiger partial charge on any atom is 0.232 e. The number of rotatable bonds is 7. The first kappa shape index (κ1) is 21.2. The monoisotopic (exact) mass is 413 g/mol. The fraction of sp³-hybridized carbons (Fsp3) is 0.667. The van der Waals surface area contributed by atoms with Gasteiger partial charge in [0.15, 0.2) is 0 Å². The molecule has 2 atom stereocenters. The van der Waals surface area contributed by atoms with Gasteiger partial charge in [-0.3, -0.25) is 19.4 Å². The third kappa shape index (κ3) is 4.48. The molecule has 2 amide bonds. The lowest BCUT2D eigenvalue weighted by Gasteiger charge is -2.37. The first-order chi connectivity index (χ1) is 14.5. The van der Waals surface area contributed by atoms with Crippen molar-refractivity contribution in [1.29, 1.82) is 0 Å². The molecule has 2 saturated heterocycles. The van der Waals surface area contributed by atoms with Gasteiger partial charge in [0, 0.05) is 44.6 Å². The van der Waals surface area contributed by atoms with E-state index in [4.69, 9.17) is 4.74 Å². The van der Waals surface area contributed by atoms with Gasteiger partial charge in [-0.25, -0.2) is 0 Å². The maximum atomic E-state index is 12.2. The highest BCUT2D eigenvalue weighted by molar-refractivity contribution is 6.04. The molecule has 2 heterocycles. The molecule has 0 radical (unpaired) electrons. The highest BCUT2D eigenvalue weighted by atomic mass is 16.5. The second-order valence-corrected chi connectivity index (χ2v) is 9.08. The molecule has 1 aromatic carbocycles. The van der Waals surface area contributed by atoms with Gasteiger partial charge in [0.1, 0.15) is 5.75 Å². The topological polar surface area (TPSA) is 53.1 Å². The van der Waals surface area contributed by atoms with E-state index in [2.05, 4.69) is 34.1 Å². The zero-order valence-corrected chi connectivity index (χ0v) is 18.4. The Kier molecular flexibility index (Phi) is 6.61. The number of hydrogen-bond acceptors (Lipinski definition) is 5. The summed E-state index contributed by atoms with van der Waals surface area (Å²) in [6, 6.07) is 8.43. The van der Waals surface area contributed by atoms with E-state index in [9.17, 15) is 9.59 Å². The Morgan fingerprint density at radius 1 is 0.900 bits per heavy atom. The van der Waals surface area contributed by atoms with Crippen LogP contribution in [0.4, 0.5) is 5.69 Å². The molecule has 4 rings (SSSR count). The number of ether oxygens (including phenoxy) is 1. The number of anilines is 1. The van der Waals surface area contributed by atoms with Gasteiger partial charge in [-0.05, 0) is 50.8 Å². The molecule has 6 nitrogen and oxygen atoms in total. The molecule has 164 valence electrons. The van der Waals surface area contributed by atoms with Crippen molar-refractivity contribution in [1.82, 2.24) is 9.80 Å². The summed E-state index contributed by atoms with van der Waals surface area (Å²) in [4.78, 5) is 30.8. The molecule has 3 aliphatic rings. The summed E-state index contributed by atoms with van der Waals surface area (Å²) in [6.07, 6.45) is 6.10. The van der Waals surface area contributed by atoms with Crippen LogP contribution in [0.5, 0.6) is 5.75 Å². The average molecular weight is 414 g/mol. The summed E-state index contributed by atoms with van der Waals surface area (Å²) in [5.74, 6) is 0.666. The van der Waals surface area contributed by atoms with Crippen LogP contribution in [-0.2, 0) is 9.59 Å². The second kappa shape index (κ2) is 9.38. The predicted molar refractivity (Wildman–Crippen MR) is 118 cm³/mol. The van der Waals surface area contributed by atoms with Crippen LogP contribution in [0.1, 0.15) is 46.0 Å².